The number of imidazole rings is 1. The van der Waals surface area contributed by atoms with Crippen molar-refractivity contribution in [2.45, 2.75) is 25.5 Å². The molecule has 2 heterocycles. The molecule has 1 aromatic heterocycles. The molecule has 0 saturated heterocycles. The minimum atomic E-state index is -0.303. The summed E-state index contributed by atoms with van der Waals surface area (Å²) in [4.78, 5) is 4.47. The van der Waals surface area contributed by atoms with Crippen LogP contribution in [0.25, 0.3) is 11.4 Å². The van der Waals surface area contributed by atoms with Gasteiger partial charge in [-0.1, -0.05) is 12.1 Å². The monoisotopic (exact) mass is 308 g/mol. The van der Waals surface area contributed by atoms with Gasteiger partial charge in [-0.25, -0.2) is 4.98 Å². The molecule has 18 heavy (non-hydrogen) atoms. The molecule has 0 fully saturated rings. The Balaban J connectivity index is 2.15. The van der Waals surface area contributed by atoms with Crippen molar-refractivity contribution in [3.8, 4) is 17.1 Å². The van der Waals surface area contributed by atoms with Crippen molar-refractivity contribution in [3.63, 3.8) is 0 Å². The Hall–Kier alpha value is -1.33. The number of benzene rings is 1. The lowest BCUT2D eigenvalue weighted by atomic mass is 10.1. The quantitative estimate of drug-likeness (QED) is 0.850. The van der Waals surface area contributed by atoms with E-state index >= 15 is 0 Å². The number of aliphatic hydroxyl groups excluding tert-OH is 1. The van der Waals surface area contributed by atoms with E-state index < -0.39 is 0 Å². The van der Waals surface area contributed by atoms with Gasteiger partial charge in [0, 0.05) is 13.0 Å². The summed E-state index contributed by atoms with van der Waals surface area (Å²) in [5.74, 6) is 0.978. The number of aromatic nitrogens is 2. The molecule has 0 bridgehead atoms. The fraction of sp³-hybridized carbons (Fsp3) is 0.308. The molecule has 0 amide bonds. The predicted octanol–water partition coefficient (Wildman–Crippen LogP) is 2.33. The van der Waals surface area contributed by atoms with Crippen LogP contribution in [0.15, 0.2) is 28.9 Å². The number of fused-ring (bicyclic) bond motifs is 1. The highest BCUT2D eigenvalue weighted by Gasteiger charge is 2.24. The molecule has 3 rings (SSSR count). The summed E-state index contributed by atoms with van der Waals surface area (Å²) in [6, 6.07) is 7.17. The molecule has 0 radical (unpaired) electrons. The summed E-state index contributed by atoms with van der Waals surface area (Å²) in [5.41, 5.74) is 1.72. The van der Waals surface area contributed by atoms with Gasteiger partial charge < -0.3 is 14.8 Å². The standard InChI is InChI=1S/C13H13BrN2O2/c14-12-10-7-8(17)5-6-16(10)13(15-12)9-3-1-2-4-11(9)18/h1-4,8,17-18H,5-7H2. The molecule has 1 atom stereocenters. The molecule has 0 saturated carbocycles. The first kappa shape index (κ1) is 11.7. The molecule has 1 unspecified atom stereocenters. The number of hydrogen-bond donors (Lipinski definition) is 2. The van der Waals surface area contributed by atoms with Gasteiger partial charge in [-0.15, -0.1) is 0 Å². The molecule has 5 heteroatoms. The largest absolute Gasteiger partial charge is 0.507 e. The highest BCUT2D eigenvalue weighted by Crippen LogP contribution is 2.34. The lowest BCUT2D eigenvalue weighted by Gasteiger charge is -2.21. The van der Waals surface area contributed by atoms with Gasteiger partial charge in [0.05, 0.1) is 17.4 Å². The van der Waals surface area contributed by atoms with Crippen molar-refractivity contribution in [1.29, 1.82) is 0 Å². The zero-order valence-electron chi connectivity index (χ0n) is 9.67. The fourth-order valence-corrected chi connectivity index (χ4v) is 2.91. The van der Waals surface area contributed by atoms with Crippen LogP contribution in [0.3, 0.4) is 0 Å². The second-order valence-electron chi connectivity index (χ2n) is 4.49. The Morgan fingerprint density at radius 3 is 2.89 bits per heavy atom. The molecular formula is C13H13BrN2O2. The van der Waals surface area contributed by atoms with Crippen molar-refractivity contribution < 1.29 is 10.2 Å². The van der Waals surface area contributed by atoms with Gasteiger partial charge >= 0.3 is 0 Å². The smallest absolute Gasteiger partial charge is 0.145 e. The number of aromatic hydroxyl groups is 1. The van der Waals surface area contributed by atoms with Gasteiger partial charge in [0.25, 0.3) is 0 Å². The number of para-hydroxylation sites is 1. The average Bonchev–Trinajstić information content (AvgIpc) is 2.67. The Morgan fingerprint density at radius 1 is 1.33 bits per heavy atom. The second kappa shape index (κ2) is 4.40. The molecule has 4 nitrogen and oxygen atoms in total. The third-order valence-electron chi connectivity index (χ3n) is 3.28. The van der Waals surface area contributed by atoms with E-state index in [0.29, 0.717) is 6.42 Å². The van der Waals surface area contributed by atoms with E-state index in [9.17, 15) is 10.2 Å². The van der Waals surface area contributed by atoms with Crippen molar-refractivity contribution >= 4 is 15.9 Å². The van der Waals surface area contributed by atoms with Crippen LogP contribution in [0.5, 0.6) is 5.75 Å². The minimum absolute atomic E-state index is 0.226. The first-order chi connectivity index (χ1) is 8.66. The number of phenolic OH excluding ortho intramolecular Hbond substituents is 1. The van der Waals surface area contributed by atoms with Crippen LogP contribution in [0.1, 0.15) is 12.1 Å². The Bertz CT molecular complexity index is 595. The van der Waals surface area contributed by atoms with Gasteiger partial charge in [0.1, 0.15) is 16.2 Å². The first-order valence-electron chi connectivity index (χ1n) is 5.88. The molecule has 0 spiro atoms. The van der Waals surface area contributed by atoms with E-state index in [1.807, 2.05) is 12.1 Å². The number of rotatable bonds is 1. The molecule has 2 aromatic rings. The SMILES string of the molecule is Oc1ccccc1-c1nc(Br)c2n1CCC(O)C2. The molecule has 94 valence electrons. The first-order valence-corrected chi connectivity index (χ1v) is 6.67. The van der Waals surface area contributed by atoms with Crippen LogP contribution < -0.4 is 0 Å². The van der Waals surface area contributed by atoms with Gasteiger partial charge in [-0.2, -0.15) is 0 Å². The maximum Gasteiger partial charge on any atom is 0.145 e. The van der Waals surface area contributed by atoms with Crippen molar-refractivity contribution in [2.75, 3.05) is 0 Å². The van der Waals surface area contributed by atoms with Crippen LogP contribution in [0.4, 0.5) is 0 Å². The number of aliphatic hydroxyl groups is 1. The lowest BCUT2D eigenvalue weighted by molar-refractivity contribution is 0.143. The molecular weight excluding hydrogens is 296 g/mol. The maximum atomic E-state index is 9.91. The second-order valence-corrected chi connectivity index (χ2v) is 5.24. The molecule has 1 aliphatic rings. The highest BCUT2D eigenvalue weighted by atomic mass is 79.9. The van der Waals surface area contributed by atoms with Crippen LogP contribution >= 0.6 is 15.9 Å². The van der Waals surface area contributed by atoms with E-state index in [1.165, 1.54) is 0 Å². The van der Waals surface area contributed by atoms with E-state index in [1.54, 1.807) is 12.1 Å². The molecule has 1 aromatic carbocycles. The zero-order valence-corrected chi connectivity index (χ0v) is 11.3. The third-order valence-corrected chi connectivity index (χ3v) is 3.92. The third kappa shape index (κ3) is 1.83. The number of halogens is 1. The minimum Gasteiger partial charge on any atom is -0.507 e. The van der Waals surface area contributed by atoms with E-state index in [2.05, 4.69) is 25.5 Å². The predicted molar refractivity (Wildman–Crippen MR) is 71.4 cm³/mol. The van der Waals surface area contributed by atoms with Crippen LogP contribution in [-0.2, 0) is 13.0 Å². The van der Waals surface area contributed by atoms with Crippen molar-refractivity contribution in [2.24, 2.45) is 0 Å². The van der Waals surface area contributed by atoms with Crippen molar-refractivity contribution in [3.05, 3.63) is 34.6 Å². The Kier molecular flexibility index (Phi) is 2.87. The molecule has 2 N–H and O–H groups in total. The summed E-state index contributed by atoms with van der Waals surface area (Å²) in [6.45, 7) is 0.721. The fourth-order valence-electron chi connectivity index (χ4n) is 2.36. The summed E-state index contributed by atoms with van der Waals surface area (Å²) < 4.78 is 2.81. The topological polar surface area (TPSA) is 58.3 Å². The summed E-state index contributed by atoms with van der Waals surface area (Å²) in [6.07, 6.45) is 1.01. The van der Waals surface area contributed by atoms with Crippen LogP contribution in [-0.4, -0.2) is 25.9 Å². The van der Waals surface area contributed by atoms with E-state index in [-0.39, 0.29) is 11.9 Å². The summed E-state index contributed by atoms with van der Waals surface area (Å²) in [7, 11) is 0. The lowest BCUT2D eigenvalue weighted by Crippen LogP contribution is -2.23. The summed E-state index contributed by atoms with van der Waals surface area (Å²) >= 11 is 3.43. The van der Waals surface area contributed by atoms with Crippen LogP contribution in [0.2, 0.25) is 0 Å². The summed E-state index contributed by atoms with van der Waals surface area (Å²) in [5, 5.41) is 19.6. The molecule has 1 aliphatic heterocycles. The van der Waals surface area contributed by atoms with Crippen molar-refractivity contribution in [1.82, 2.24) is 9.55 Å². The normalized spacial score (nSPS) is 18.7. The Labute approximate surface area is 113 Å². The highest BCUT2D eigenvalue weighted by molar-refractivity contribution is 9.10. The zero-order chi connectivity index (χ0) is 12.7. The Morgan fingerprint density at radius 2 is 2.11 bits per heavy atom. The van der Waals surface area contributed by atoms with E-state index in [0.717, 1.165) is 34.7 Å². The number of hydrogen-bond acceptors (Lipinski definition) is 3. The average molecular weight is 309 g/mol. The number of nitrogens with zero attached hydrogens (tertiary/aromatic N) is 2. The van der Waals surface area contributed by atoms with Gasteiger partial charge in [-0.3, -0.25) is 0 Å². The molecule has 0 aliphatic carbocycles. The van der Waals surface area contributed by atoms with Crippen LogP contribution in [0, 0.1) is 0 Å². The van der Waals surface area contributed by atoms with Gasteiger partial charge in [-0.05, 0) is 34.5 Å². The van der Waals surface area contributed by atoms with Gasteiger partial charge in [0.2, 0.25) is 0 Å². The number of phenols is 1. The van der Waals surface area contributed by atoms with E-state index in [4.69, 9.17) is 0 Å². The van der Waals surface area contributed by atoms with Gasteiger partial charge in [0.15, 0.2) is 0 Å². The maximum absolute atomic E-state index is 9.91.